The number of hydrogen-bond acceptors (Lipinski definition) is 5. The molecule has 0 rings (SSSR count). The molecule has 0 aromatic heterocycles. The minimum absolute atomic E-state index is 0. The first kappa shape index (κ1) is 18.8. The minimum Gasteiger partial charge on any atom is -1.00 e. The molecule has 0 aromatic carbocycles. The third-order valence-corrected chi connectivity index (χ3v) is 0.823. The predicted octanol–water partition coefficient (Wildman–Crippen LogP) is -4.06. The molecule has 8 nitrogen and oxygen atoms in total. The van der Waals surface area contributed by atoms with E-state index in [1.165, 1.54) is 0 Å². The summed E-state index contributed by atoms with van der Waals surface area (Å²) < 4.78 is 42.2. The molecule has 3 N–H and O–H groups in total. The van der Waals surface area contributed by atoms with E-state index in [-0.39, 0.29) is 37.4 Å². The topological polar surface area (TPSA) is 130 Å². The Kier molecular flexibility index (Phi) is 10.2. The summed E-state index contributed by atoms with van der Waals surface area (Å²) in [6.07, 6.45) is 0. The van der Waals surface area contributed by atoms with E-state index < -0.39 is 18.2 Å². The van der Waals surface area contributed by atoms with Gasteiger partial charge in [-0.15, -0.1) is 4.67 Å². The Morgan fingerprint density at radius 3 is 1.75 bits per heavy atom. The van der Waals surface area contributed by atoms with Crippen molar-refractivity contribution in [2.45, 2.75) is 0 Å². The Morgan fingerprint density at radius 1 is 1.33 bits per heavy atom. The molecule has 72 valence electrons. The Balaban J connectivity index is -0.000000135. The Bertz CT molecular complexity index is 243. The molecule has 0 bridgehead atoms. The van der Waals surface area contributed by atoms with Gasteiger partial charge in [0.05, 0.1) is 0 Å². The fourth-order valence-corrected chi connectivity index (χ4v) is 0.703. The van der Waals surface area contributed by atoms with E-state index in [0.29, 0.717) is 0 Å². The molecule has 0 aliphatic heterocycles. The second-order valence-electron chi connectivity index (χ2n) is 1.06. The summed E-state index contributed by atoms with van der Waals surface area (Å²) in [7, 11) is -10.00. The molecule has 0 radical (unpaired) electrons. The van der Waals surface area contributed by atoms with Gasteiger partial charge in [-0.25, -0.2) is 4.57 Å². The van der Waals surface area contributed by atoms with Crippen LogP contribution in [0.2, 0.25) is 0 Å². The van der Waals surface area contributed by atoms with Gasteiger partial charge in [-0.1, -0.05) is 4.33 Å². The smallest absolute Gasteiger partial charge is 1.00 e. The van der Waals surface area contributed by atoms with Crippen LogP contribution in [0, 0.1) is 0 Å². The fourth-order valence-electron chi connectivity index (χ4n) is 0.0781. The van der Waals surface area contributed by atoms with Gasteiger partial charge >= 0.3 is 37.1 Å². The van der Waals surface area contributed by atoms with Crippen molar-refractivity contribution in [1.82, 2.24) is 0 Å². The molecule has 0 saturated heterocycles. The van der Waals surface area contributed by atoms with Gasteiger partial charge in [0.15, 0.2) is 0 Å². The van der Waals surface area contributed by atoms with Crippen molar-refractivity contribution in [2.75, 3.05) is 0 Å². The molecule has 12 heavy (non-hydrogen) atoms. The van der Waals surface area contributed by atoms with Gasteiger partial charge in [0.25, 0.3) is 0 Å². The maximum absolute atomic E-state index is 9.65. The molecular formula is H4FeLiO8PS. The molecule has 0 fully saturated rings. The van der Waals surface area contributed by atoms with E-state index in [1.807, 2.05) is 0 Å². The standard InChI is InChI=1S/Fe.Li.H3O8PS.H/c;;1-9(2,3)7-8-10(4,5)6;/h;;(H2,1,2,3)(H,4,5,6);/q;+1;;-1. The maximum atomic E-state index is 9.65. The molecule has 0 aromatic rings. The summed E-state index contributed by atoms with van der Waals surface area (Å²) in [6, 6.07) is 0. The summed E-state index contributed by atoms with van der Waals surface area (Å²) in [4.78, 5) is 15.5. The van der Waals surface area contributed by atoms with Gasteiger partial charge in [0, 0.05) is 17.1 Å². The molecule has 0 atom stereocenters. The SMILES string of the molecule is O=P(O)(O)OOS(=O)(=O)O.[Fe].[H-].[Li+]. The van der Waals surface area contributed by atoms with Crippen molar-refractivity contribution in [1.29, 1.82) is 0 Å². The predicted molar refractivity (Wildman–Crippen MR) is 26.9 cm³/mol. The Hall–Kier alpha value is 1.10. The van der Waals surface area contributed by atoms with Crippen molar-refractivity contribution in [3.05, 3.63) is 0 Å². The second-order valence-corrected chi connectivity index (χ2v) is 3.18. The van der Waals surface area contributed by atoms with Crippen LogP contribution in [-0.2, 0) is 41.0 Å². The van der Waals surface area contributed by atoms with Gasteiger partial charge in [0.2, 0.25) is 0 Å². The monoisotopic (exact) mass is 258 g/mol. The van der Waals surface area contributed by atoms with E-state index in [1.54, 1.807) is 0 Å². The third kappa shape index (κ3) is 17.3. The van der Waals surface area contributed by atoms with Crippen LogP contribution in [0.4, 0.5) is 0 Å². The largest absolute Gasteiger partial charge is 1.00 e. The molecule has 0 aliphatic carbocycles. The zero-order valence-electron chi connectivity index (χ0n) is 6.59. The van der Waals surface area contributed by atoms with Gasteiger partial charge in [0.1, 0.15) is 0 Å². The quantitative estimate of drug-likeness (QED) is 0.153. The Morgan fingerprint density at radius 2 is 1.67 bits per heavy atom. The summed E-state index contributed by atoms with van der Waals surface area (Å²) in [5.41, 5.74) is 0. The summed E-state index contributed by atoms with van der Waals surface area (Å²) >= 11 is 0. The average molecular weight is 258 g/mol. The van der Waals surface area contributed by atoms with Crippen molar-refractivity contribution in [2.24, 2.45) is 0 Å². The normalized spacial score (nSPS) is 11.2. The number of phosphoric acid groups is 1. The van der Waals surface area contributed by atoms with Crippen LogP contribution < -0.4 is 18.9 Å². The van der Waals surface area contributed by atoms with Gasteiger partial charge in [-0.3, -0.25) is 4.55 Å². The molecular weight excluding hydrogens is 254 g/mol. The van der Waals surface area contributed by atoms with E-state index in [2.05, 4.69) is 9.01 Å². The fraction of sp³-hybridized carbons (Fsp3) is 0. The van der Waals surface area contributed by atoms with Crippen molar-refractivity contribution in [3.8, 4) is 0 Å². The van der Waals surface area contributed by atoms with Crippen LogP contribution in [0.25, 0.3) is 0 Å². The van der Waals surface area contributed by atoms with Gasteiger partial charge < -0.3 is 11.2 Å². The minimum atomic E-state index is -5.02. The molecule has 0 spiro atoms. The van der Waals surface area contributed by atoms with Crippen LogP contribution in [0.15, 0.2) is 0 Å². The van der Waals surface area contributed by atoms with Crippen LogP contribution in [0.3, 0.4) is 0 Å². The first-order valence-corrected chi connectivity index (χ1v) is 4.51. The summed E-state index contributed by atoms with van der Waals surface area (Å²) in [5.74, 6) is 0. The molecule has 0 unspecified atom stereocenters. The Labute approximate surface area is 91.9 Å². The molecule has 0 aliphatic rings. The summed E-state index contributed by atoms with van der Waals surface area (Å²) in [5, 5.41) is 0. The van der Waals surface area contributed by atoms with Crippen molar-refractivity contribution >= 4 is 18.2 Å². The zero-order valence-corrected chi connectivity index (χ0v) is 8.41. The van der Waals surface area contributed by atoms with Gasteiger partial charge in [-0.2, -0.15) is 8.42 Å². The zero-order chi connectivity index (χ0) is 8.41. The van der Waals surface area contributed by atoms with E-state index in [9.17, 15) is 13.0 Å². The van der Waals surface area contributed by atoms with Crippen LogP contribution in [-0.4, -0.2) is 22.8 Å². The van der Waals surface area contributed by atoms with E-state index in [4.69, 9.17) is 14.3 Å². The van der Waals surface area contributed by atoms with E-state index in [0.717, 1.165) is 0 Å². The molecule has 0 amide bonds. The van der Waals surface area contributed by atoms with Crippen LogP contribution >= 0.6 is 7.82 Å². The third-order valence-electron chi connectivity index (χ3n) is 0.214. The van der Waals surface area contributed by atoms with Crippen molar-refractivity contribution < 1.29 is 73.7 Å². The van der Waals surface area contributed by atoms with Gasteiger partial charge in [-0.05, 0) is 0 Å². The van der Waals surface area contributed by atoms with Crippen LogP contribution in [0.1, 0.15) is 1.43 Å². The van der Waals surface area contributed by atoms with Crippen molar-refractivity contribution in [3.63, 3.8) is 0 Å². The number of rotatable bonds is 3. The number of hydrogen-bond donors (Lipinski definition) is 3. The average Bonchev–Trinajstić information content (AvgIpc) is 1.57. The molecule has 0 heterocycles. The molecule has 0 saturated carbocycles. The first-order valence-electron chi connectivity index (χ1n) is 1.61. The van der Waals surface area contributed by atoms with E-state index >= 15 is 0 Å². The maximum Gasteiger partial charge on any atom is 1.00 e. The molecule has 12 heteroatoms. The summed E-state index contributed by atoms with van der Waals surface area (Å²) in [6.45, 7) is 0. The van der Waals surface area contributed by atoms with Crippen LogP contribution in [0.5, 0.6) is 0 Å². The first-order chi connectivity index (χ1) is 4.21. The second kappa shape index (κ2) is 6.54.